The number of fused-ring (bicyclic) bond motifs is 1. The zero-order valence-corrected chi connectivity index (χ0v) is 11.7. The highest BCUT2D eigenvalue weighted by molar-refractivity contribution is 5.65. The van der Waals surface area contributed by atoms with Gasteiger partial charge < -0.3 is 15.3 Å². The predicted molar refractivity (Wildman–Crippen MR) is 78.6 cm³/mol. The molecule has 1 aliphatic rings. The number of anilines is 2. The molecule has 0 saturated carbocycles. The second-order valence-electron chi connectivity index (χ2n) is 5.06. The third-order valence-electron chi connectivity index (χ3n) is 3.61. The molecular formula is C15H16N4O2. The summed E-state index contributed by atoms with van der Waals surface area (Å²) in [5.41, 5.74) is 3.84. The summed E-state index contributed by atoms with van der Waals surface area (Å²) in [6, 6.07) is 7.88. The number of nitrogens with one attached hydrogen (secondary N) is 1. The van der Waals surface area contributed by atoms with Gasteiger partial charge in [0.05, 0.1) is 12.2 Å². The van der Waals surface area contributed by atoms with Crippen LogP contribution in [0.1, 0.15) is 16.8 Å². The van der Waals surface area contributed by atoms with Crippen LogP contribution in [0.5, 0.6) is 0 Å². The van der Waals surface area contributed by atoms with Gasteiger partial charge in [-0.1, -0.05) is 18.2 Å². The highest BCUT2D eigenvalue weighted by Crippen LogP contribution is 2.21. The number of benzene rings is 1. The minimum Gasteiger partial charge on any atom is -0.465 e. The van der Waals surface area contributed by atoms with Crippen LogP contribution in [0, 0.1) is 6.92 Å². The van der Waals surface area contributed by atoms with E-state index in [-0.39, 0.29) is 0 Å². The van der Waals surface area contributed by atoms with E-state index in [9.17, 15) is 4.79 Å². The molecule has 1 aliphatic heterocycles. The SMILES string of the molecule is Cc1ccccc1Nc1ncc2c(n1)CN(C(=O)O)CC2. The number of rotatable bonds is 2. The number of carbonyl (C=O) groups is 1. The van der Waals surface area contributed by atoms with Crippen molar-refractivity contribution in [3.05, 3.63) is 47.3 Å². The molecule has 2 N–H and O–H groups in total. The van der Waals surface area contributed by atoms with Crippen LogP contribution in [0.25, 0.3) is 0 Å². The van der Waals surface area contributed by atoms with Gasteiger partial charge in [-0.25, -0.2) is 14.8 Å². The van der Waals surface area contributed by atoms with Crippen molar-refractivity contribution in [3.8, 4) is 0 Å². The molecule has 0 bridgehead atoms. The van der Waals surface area contributed by atoms with Gasteiger partial charge in [0.2, 0.25) is 5.95 Å². The Labute approximate surface area is 122 Å². The van der Waals surface area contributed by atoms with Gasteiger partial charge in [0.25, 0.3) is 0 Å². The summed E-state index contributed by atoms with van der Waals surface area (Å²) in [7, 11) is 0. The Bertz CT molecular complexity index is 687. The van der Waals surface area contributed by atoms with E-state index in [0.717, 1.165) is 22.5 Å². The quantitative estimate of drug-likeness (QED) is 0.886. The van der Waals surface area contributed by atoms with Crippen LogP contribution in [0.4, 0.5) is 16.4 Å². The molecule has 108 valence electrons. The van der Waals surface area contributed by atoms with Gasteiger partial charge in [-0.05, 0) is 30.5 Å². The van der Waals surface area contributed by atoms with Crippen molar-refractivity contribution >= 4 is 17.7 Å². The van der Waals surface area contributed by atoms with Gasteiger partial charge in [0.15, 0.2) is 0 Å². The van der Waals surface area contributed by atoms with Gasteiger partial charge >= 0.3 is 6.09 Å². The molecule has 0 atom stereocenters. The maximum Gasteiger partial charge on any atom is 0.407 e. The number of hydrogen-bond acceptors (Lipinski definition) is 4. The van der Waals surface area contributed by atoms with Gasteiger partial charge in [-0.15, -0.1) is 0 Å². The number of amides is 1. The molecule has 1 aromatic heterocycles. The molecule has 0 spiro atoms. The number of para-hydroxylation sites is 1. The van der Waals surface area contributed by atoms with E-state index in [2.05, 4.69) is 15.3 Å². The van der Waals surface area contributed by atoms with Crippen LogP contribution < -0.4 is 5.32 Å². The minimum atomic E-state index is -0.910. The zero-order valence-electron chi connectivity index (χ0n) is 11.7. The highest BCUT2D eigenvalue weighted by atomic mass is 16.4. The fourth-order valence-corrected chi connectivity index (χ4v) is 2.36. The molecule has 1 aromatic carbocycles. The Hall–Kier alpha value is -2.63. The number of nitrogens with zero attached hydrogens (tertiary/aromatic N) is 3. The maximum atomic E-state index is 11.1. The monoisotopic (exact) mass is 284 g/mol. The molecule has 2 heterocycles. The largest absolute Gasteiger partial charge is 0.465 e. The molecule has 0 unspecified atom stereocenters. The molecule has 0 aliphatic carbocycles. The van der Waals surface area contributed by atoms with Crippen LogP contribution >= 0.6 is 0 Å². The van der Waals surface area contributed by atoms with E-state index in [0.29, 0.717) is 25.5 Å². The molecule has 21 heavy (non-hydrogen) atoms. The maximum absolute atomic E-state index is 11.1. The summed E-state index contributed by atoms with van der Waals surface area (Å²) in [6.45, 7) is 2.82. The van der Waals surface area contributed by atoms with E-state index in [1.54, 1.807) is 6.20 Å². The molecule has 2 aromatic rings. The molecule has 3 rings (SSSR count). The predicted octanol–water partition coefficient (Wildman–Crippen LogP) is 2.56. The first-order chi connectivity index (χ1) is 10.1. The summed E-state index contributed by atoms with van der Waals surface area (Å²) < 4.78 is 0. The van der Waals surface area contributed by atoms with Crippen LogP contribution in [0.15, 0.2) is 30.5 Å². The zero-order chi connectivity index (χ0) is 14.8. The Morgan fingerprint density at radius 1 is 1.38 bits per heavy atom. The van der Waals surface area contributed by atoms with Crippen molar-refractivity contribution in [1.82, 2.24) is 14.9 Å². The first kappa shape index (κ1) is 13.4. The summed E-state index contributed by atoms with van der Waals surface area (Å²) in [6.07, 6.45) is 1.53. The lowest BCUT2D eigenvalue weighted by atomic mass is 10.1. The Morgan fingerprint density at radius 3 is 2.95 bits per heavy atom. The molecule has 6 nitrogen and oxygen atoms in total. The smallest absolute Gasteiger partial charge is 0.407 e. The average molecular weight is 284 g/mol. The second kappa shape index (κ2) is 5.40. The molecule has 0 saturated heterocycles. The summed E-state index contributed by atoms with van der Waals surface area (Å²) >= 11 is 0. The first-order valence-corrected chi connectivity index (χ1v) is 6.79. The van der Waals surface area contributed by atoms with Gasteiger partial charge in [-0.2, -0.15) is 0 Å². The molecule has 0 radical (unpaired) electrons. The Kier molecular flexibility index (Phi) is 3.43. The lowest BCUT2D eigenvalue weighted by molar-refractivity contribution is 0.139. The highest BCUT2D eigenvalue weighted by Gasteiger charge is 2.21. The molecule has 1 amide bonds. The van der Waals surface area contributed by atoms with Crippen LogP contribution in [-0.2, 0) is 13.0 Å². The lowest BCUT2D eigenvalue weighted by Crippen LogP contribution is -2.35. The third-order valence-corrected chi connectivity index (χ3v) is 3.61. The van der Waals surface area contributed by atoms with Gasteiger partial charge in [0, 0.05) is 18.4 Å². The average Bonchev–Trinajstić information content (AvgIpc) is 2.49. The molecular weight excluding hydrogens is 268 g/mol. The Morgan fingerprint density at radius 2 is 2.19 bits per heavy atom. The van der Waals surface area contributed by atoms with Crippen LogP contribution in [0.3, 0.4) is 0 Å². The summed E-state index contributed by atoms with van der Waals surface area (Å²) in [5.74, 6) is 0.496. The lowest BCUT2D eigenvalue weighted by Gasteiger charge is -2.25. The van der Waals surface area contributed by atoms with Crippen molar-refractivity contribution < 1.29 is 9.90 Å². The third kappa shape index (κ3) is 2.79. The van der Waals surface area contributed by atoms with Crippen molar-refractivity contribution in [1.29, 1.82) is 0 Å². The second-order valence-corrected chi connectivity index (χ2v) is 5.06. The van der Waals surface area contributed by atoms with E-state index in [4.69, 9.17) is 5.11 Å². The van der Waals surface area contributed by atoms with Crippen molar-refractivity contribution in [2.24, 2.45) is 0 Å². The normalized spacial score (nSPS) is 13.7. The number of carboxylic acid groups (broad SMARTS) is 1. The van der Waals surface area contributed by atoms with Crippen molar-refractivity contribution in [2.75, 3.05) is 11.9 Å². The fraction of sp³-hybridized carbons (Fsp3) is 0.267. The standard InChI is InChI=1S/C15H16N4O2/c1-10-4-2-3-5-12(10)17-14-16-8-11-6-7-19(15(20)21)9-13(11)18-14/h2-5,8H,6-7,9H2,1H3,(H,20,21)(H,16,17,18). The summed E-state index contributed by atoms with van der Waals surface area (Å²) in [5, 5.41) is 12.2. The molecule has 6 heteroatoms. The van der Waals surface area contributed by atoms with E-state index < -0.39 is 6.09 Å². The topological polar surface area (TPSA) is 78.4 Å². The molecule has 0 fully saturated rings. The summed E-state index contributed by atoms with van der Waals surface area (Å²) in [4.78, 5) is 21.2. The number of hydrogen-bond donors (Lipinski definition) is 2. The Balaban J connectivity index is 1.84. The number of aromatic nitrogens is 2. The number of aryl methyl sites for hydroxylation is 1. The van der Waals surface area contributed by atoms with Crippen molar-refractivity contribution in [2.45, 2.75) is 19.9 Å². The van der Waals surface area contributed by atoms with E-state index in [1.807, 2.05) is 31.2 Å². The first-order valence-electron chi connectivity index (χ1n) is 6.79. The van der Waals surface area contributed by atoms with Crippen LogP contribution in [0.2, 0.25) is 0 Å². The minimum absolute atomic E-state index is 0.315. The van der Waals surface area contributed by atoms with Crippen molar-refractivity contribution in [3.63, 3.8) is 0 Å². The van der Waals surface area contributed by atoms with E-state index in [1.165, 1.54) is 4.90 Å². The fourth-order valence-electron chi connectivity index (χ4n) is 2.36. The van der Waals surface area contributed by atoms with Gasteiger partial charge in [0.1, 0.15) is 0 Å². The van der Waals surface area contributed by atoms with Crippen LogP contribution in [-0.4, -0.2) is 32.6 Å². The van der Waals surface area contributed by atoms with E-state index >= 15 is 0 Å². The van der Waals surface area contributed by atoms with Gasteiger partial charge in [-0.3, -0.25) is 0 Å².